The molecule has 0 spiro atoms. The third-order valence-electron chi connectivity index (χ3n) is 9.82. The van der Waals surface area contributed by atoms with Crippen molar-refractivity contribution in [2.24, 2.45) is 0 Å². The molecular weight excluding hydrogens is 588 g/mol. The van der Waals surface area contributed by atoms with Gasteiger partial charge in [0.2, 0.25) is 0 Å². The minimum atomic E-state index is 0.211. The maximum Gasteiger partial charge on any atom is 0.119 e. The van der Waals surface area contributed by atoms with Gasteiger partial charge in [-0.15, -0.1) is 0 Å². The van der Waals surface area contributed by atoms with Gasteiger partial charge < -0.3 is 9.47 Å². The molecule has 1 rings (SSSR count). The summed E-state index contributed by atoms with van der Waals surface area (Å²) in [4.78, 5) is 0. The molecule has 4 nitrogen and oxygen atoms in total. The smallest absolute Gasteiger partial charge is 0.119 e. The van der Waals surface area contributed by atoms with Crippen molar-refractivity contribution in [2.75, 3.05) is 0 Å². The van der Waals surface area contributed by atoms with Crippen LogP contribution < -0.4 is 9.47 Å². The van der Waals surface area contributed by atoms with Crippen LogP contribution in [0.1, 0.15) is 219 Å². The normalized spacial score (nSPS) is 12.3. The van der Waals surface area contributed by atoms with Crippen molar-refractivity contribution in [3.8, 4) is 23.6 Å². The van der Waals surface area contributed by atoms with Crippen LogP contribution in [0.3, 0.4) is 0 Å². The average molecular weight is 665 g/mol. The Morgan fingerprint density at radius 1 is 0.396 bits per heavy atom. The zero-order chi connectivity index (χ0) is 34.6. The molecule has 0 radical (unpaired) electrons. The van der Waals surface area contributed by atoms with Crippen molar-refractivity contribution in [1.29, 1.82) is 10.5 Å². The fraction of sp³-hybridized carbons (Fsp3) is 0.818. The molecule has 1 aromatic rings. The Morgan fingerprint density at radius 2 is 0.646 bits per heavy atom. The highest BCUT2D eigenvalue weighted by Gasteiger charge is 2.13. The van der Waals surface area contributed by atoms with E-state index in [4.69, 9.17) is 20.0 Å². The van der Waals surface area contributed by atoms with Crippen LogP contribution in [-0.2, 0) is 0 Å². The number of hydrogen-bond acceptors (Lipinski definition) is 4. The van der Waals surface area contributed by atoms with Gasteiger partial charge in [-0.25, -0.2) is 0 Å². The molecule has 1 aromatic carbocycles. The van der Waals surface area contributed by atoms with Crippen LogP contribution >= 0.6 is 0 Å². The fourth-order valence-corrected chi connectivity index (χ4v) is 6.73. The zero-order valence-electron chi connectivity index (χ0n) is 31.8. The highest BCUT2D eigenvalue weighted by atomic mass is 16.5. The Morgan fingerprint density at radius 3 is 0.917 bits per heavy atom. The number of unbranched alkanes of at least 4 members (excludes halogenated alkanes) is 24. The summed E-state index contributed by atoms with van der Waals surface area (Å²) in [6, 6.07) is 12.9. The lowest BCUT2D eigenvalue weighted by molar-refractivity contribution is 0.167. The molecule has 0 saturated carbocycles. The van der Waals surface area contributed by atoms with Crippen molar-refractivity contribution in [1.82, 2.24) is 0 Å². The molecule has 0 aliphatic carbocycles. The molecule has 0 aliphatic rings. The van der Waals surface area contributed by atoms with E-state index in [1.54, 1.807) is 0 Å². The van der Waals surface area contributed by atoms with Crippen molar-refractivity contribution in [2.45, 2.75) is 232 Å². The van der Waals surface area contributed by atoms with E-state index < -0.39 is 0 Å². The molecule has 0 bridgehead atoms. The quantitative estimate of drug-likeness (QED) is 0.0670. The number of nitriles is 2. The third kappa shape index (κ3) is 27.7. The van der Waals surface area contributed by atoms with Crippen LogP contribution in [-0.4, -0.2) is 12.2 Å². The van der Waals surface area contributed by atoms with E-state index in [-0.39, 0.29) is 12.2 Å². The van der Waals surface area contributed by atoms with Crippen LogP contribution in [0.5, 0.6) is 11.5 Å². The first-order valence-corrected chi connectivity index (χ1v) is 20.9. The number of benzene rings is 1. The summed E-state index contributed by atoms with van der Waals surface area (Å²) in [6.45, 7) is 4.57. The summed E-state index contributed by atoms with van der Waals surface area (Å²) in [5, 5.41) is 17.9. The maximum atomic E-state index is 8.96. The molecule has 0 saturated heterocycles. The predicted molar refractivity (Wildman–Crippen MR) is 206 cm³/mol. The lowest BCUT2D eigenvalue weighted by Gasteiger charge is -2.21. The van der Waals surface area contributed by atoms with Gasteiger partial charge in [-0.2, -0.15) is 10.5 Å². The molecule has 0 aromatic heterocycles. The summed E-state index contributed by atoms with van der Waals surface area (Å²) in [5.74, 6) is 1.85. The molecule has 48 heavy (non-hydrogen) atoms. The molecule has 2 unspecified atom stereocenters. The van der Waals surface area contributed by atoms with Gasteiger partial charge in [0.15, 0.2) is 0 Å². The van der Waals surface area contributed by atoms with E-state index in [1.807, 2.05) is 0 Å². The highest BCUT2D eigenvalue weighted by molar-refractivity contribution is 5.31. The van der Waals surface area contributed by atoms with Crippen LogP contribution in [0.25, 0.3) is 0 Å². The summed E-state index contributed by atoms with van der Waals surface area (Å²) in [6.07, 6.45) is 39.8. The molecule has 4 heteroatoms. The van der Waals surface area contributed by atoms with Crippen LogP contribution in [0.2, 0.25) is 0 Å². The van der Waals surface area contributed by atoms with Gasteiger partial charge in [-0.1, -0.05) is 142 Å². The minimum Gasteiger partial charge on any atom is -0.490 e. The largest absolute Gasteiger partial charge is 0.490 e. The second kappa shape index (κ2) is 34.7. The van der Waals surface area contributed by atoms with E-state index in [2.05, 4.69) is 50.3 Å². The molecule has 2 atom stereocenters. The van der Waals surface area contributed by atoms with Crippen molar-refractivity contribution in [3.05, 3.63) is 24.3 Å². The lowest BCUT2D eigenvalue weighted by Crippen LogP contribution is -2.17. The summed E-state index contributed by atoms with van der Waals surface area (Å²) in [5.41, 5.74) is 0. The lowest BCUT2D eigenvalue weighted by atomic mass is 10.0. The van der Waals surface area contributed by atoms with Gasteiger partial charge in [0, 0.05) is 12.8 Å². The standard InChI is InChI=1S/C44H76N2O2/c1-3-5-7-9-11-13-15-17-19-21-25-31-41(33-27-23-29-39-45)47-43-35-37-44(38-36-43)48-42(34-28-24-30-40-46)32-26-22-20-18-16-14-12-10-8-6-4-2/h35-38,41-42H,3-34H2,1-2H3. The van der Waals surface area contributed by atoms with E-state index in [0.29, 0.717) is 12.8 Å². The van der Waals surface area contributed by atoms with Gasteiger partial charge in [0.05, 0.1) is 24.3 Å². The molecule has 0 aliphatic heterocycles. The molecule has 0 amide bonds. The number of rotatable bonds is 36. The SMILES string of the molecule is CCCCCCCCCCCCCC(CCCCC#N)Oc1ccc(OC(CCCCC#N)CCCCCCCCCCCCC)cc1. The second-order valence-corrected chi connectivity index (χ2v) is 14.4. The van der Waals surface area contributed by atoms with Gasteiger partial charge in [-0.05, 0) is 88.5 Å². The molecule has 274 valence electrons. The van der Waals surface area contributed by atoms with Gasteiger partial charge >= 0.3 is 0 Å². The highest BCUT2D eigenvalue weighted by Crippen LogP contribution is 2.25. The first kappa shape index (κ1) is 43.8. The topological polar surface area (TPSA) is 66.0 Å². The molecule has 0 fully saturated rings. The first-order chi connectivity index (χ1) is 23.7. The Bertz CT molecular complexity index is 814. The molecule has 0 heterocycles. The van der Waals surface area contributed by atoms with Crippen LogP contribution in [0, 0.1) is 22.7 Å². The average Bonchev–Trinajstić information content (AvgIpc) is 3.10. The van der Waals surface area contributed by atoms with E-state index in [1.165, 1.54) is 141 Å². The van der Waals surface area contributed by atoms with Gasteiger partial charge in [0.25, 0.3) is 0 Å². The fourth-order valence-electron chi connectivity index (χ4n) is 6.73. The minimum absolute atomic E-state index is 0.211. The molecular formula is C44H76N2O2. The monoisotopic (exact) mass is 665 g/mol. The Labute approximate surface area is 298 Å². The summed E-state index contributed by atoms with van der Waals surface area (Å²) >= 11 is 0. The van der Waals surface area contributed by atoms with E-state index >= 15 is 0 Å². The third-order valence-corrected chi connectivity index (χ3v) is 9.82. The van der Waals surface area contributed by atoms with Crippen LogP contribution in [0.4, 0.5) is 0 Å². The van der Waals surface area contributed by atoms with Crippen molar-refractivity contribution >= 4 is 0 Å². The first-order valence-electron chi connectivity index (χ1n) is 20.9. The summed E-state index contributed by atoms with van der Waals surface area (Å²) < 4.78 is 13.0. The number of nitrogens with zero attached hydrogens (tertiary/aromatic N) is 2. The Hall–Kier alpha value is -2.20. The van der Waals surface area contributed by atoms with Gasteiger partial charge in [0.1, 0.15) is 11.5 Å². The Balaban J connectivity index is 2.46. The Kier molecular flexibility index (Phi) is 31.6. The van der Waals surface area contributed by atoms with Crippen molar-refractivity contribution < 1.29 is 9.47 Å². The predicted octanol–water partition coefficient (Wildman–Crippen LogP) is 14.8. The number of hydrogen-bond donors (Lipinski definition) is 0. The second-order valence-electron chi connectivity index (χ2n) is 14.4. The zero-order valence-corrected chi connectivity index (χ0v) is 31.8. The van der Waals surface area contributed by atoms with Crippen LogP contribution in [0.15, 0.2) is 24.3 Å². The maximum absolute atomic E-state index is 8.96. The molecule has 0 N–H and O–H groups in total. The van der Waals surface area contributed by atoms with E-state index in [9.17, 15) is 0 Å². The van der Waals surface area contributed by atoms with Gasteiger partial charge in [-0.3, -0.25) is 0 Å². The number of ether oxygens (including phenoxy) is 2. The summed E-state index contributed by atoms with van der Waals surface area (Å²) in [7, 11) is 0. The van der Waals surface area contributed by atoms with Crippen molar-refractivity contribution in [3.63, 3.8) is 0 Å². The van der Waals surface area contributed by atoms with E-state index in [0.717, 1.165) is 62.9 Å².